The first-order valence-corrected chi connectivity index (χ1v) is 10.0. The number of aryl methyl sites for hydroxylation is 1. The van der Waals surface area contributed by atoms with Gasteiger partial charge in [-0.15, -0.1) is 6.58 Å². The van der Waals surface area contributed by atoms with Crippen molar-refractivity contribution in [3.63, 3.8) is 0 Å². The molecule has 130 valence electrons. The summed E-state index contributed by atoms with van der Waals surface area (Å²) in [7, 11) is 0. The van der Waals surface area contributed by atoms with Crippen molar-refractivity contribution in [2.75, 3.05) is 0 Å². The van der Waals surface area contributed by atoms with Gasteiger partial charge in [0.2, 0.25) is 0 Å². The number of allylic oxidation sites excluding steroid dienone is 1. The maximum Gasteiger partial charge on any atom is 0.0739 e. The summed E-state index contributed by atoms with van der Waals surface area (Å²) in [5.41, 5.74) is 2.32. The molecule has 0 bridgehead atoms. The molecule has 0 amide bonds. The lowest BCUT2D eigenvalue weighted by atomic mass is 9.78. The maximum atomic E-state index is 4.64. The predicted molar refractivity (Wildman–Crippen MR) is 108 cm³/mol. The number of thiocarbonyl (C=S) groups is 1. The third-order valence-corrected chi connectivity index (χ3v) is 5.53. The van der Waals surface area contributed by atoms with E-state index in [0.29, 0.717) is 0 Å². The molecule has 24 heavy (non-hydrogen) atoms. The molecule has 1 aromatic rings. The molecule has 1 saturated carbocycles. The molecule has 1 aromatic carbocycles. The van der Waals surface area contributed by atoms with Gasteiger partial charge in [0.05, 0.1) is 10.8 Å². The summed E-state index contributed by atoms with van der Waals surface area (Å²) >= 11 is 4.64. The summed E-state index contributed by atoms with van der Waals surface area (Å²) in [6.07, 6.45) is 17.1. The lowest BCUT2D eigenvalue weighted by Crippen LogP contribution is -2.15. The van der Waals surface area contributed by atoms with Gasteiger partial charge in [-0.2, -0.15) is 4.99 Å². The summed E-state index contributed by atoms with van der Waals surface area (Å²) in [6.45, 7) is 3.80. The number of isothiocyanates is 1. The van der Waals surface area contributed by atoms with E-state index in [9.17, 15) is 0 Å². The molecule has 0 saturated heterocycles. The molecule has 0 heterocycles. The van der Waals surface area contributed by atoms with Crippen molar-refractivity contribution in [3.05, 3.63) is 42.5 Å². The van der Waals surface area contributed by atoms with Crippen molar-refractivity contribution in [3.8, 4) is 0 Å². The van der Waals surface area contributed by atoms with Gasteiger partial charge in [-0.1, -0.05) is 63.2 Å². The number of hydrogen-bond donors (Lipinski definition) is 0. The molecule has 1 nitrogen and oxygen atoms in total. The highest BCUT2D eigenvalue weighted by Crippen LogP contribution is 2.34. The average Bonchev–Trinajstić information content (AvgIpc) is 2.62. The molecular weight excluding hydrogens is 310 g/mol. The fourth-order valence-corrected chi connectivity index (χ4v) is 3.97. The van der Waals surface area contributed by atoms with Crippen LogP contribution in [0.5, 0.6) is 0 Å². The second-order valence-corrected chi connectivity index (χ2v) is 7.40. The van der Waals surface area contributed by atoms with Crippen molar-refractivity contribution in [1.82, 2.24) is 0 Å². The number of rotatable bonds is 10. The van der Waals surface area contributed by atoms with Gasteiger partial charge in [-0.25, -0.2) is 0 Å². The quantitative estimate of drug-likeness (QED) is 0.188. The number of hydrogen-bond acceptors (Lipinski definition) is 2. The van der Waals surface area contributed by atoms with Crippen LogP contribution in [-0.2, 0) is 6.42 Å². The zero-order valence-corrected chi connectivity index (χ0v) is 15.7. The van der Waals surface area contributed by atoms with Crippen LogP contribution in [0, 0.1) is 11.8 Å². The van der Waals surface area contributed by atoms with Gasteiger partial charge in [0.1, 0.15) is 0 Å². The molecule has 2 rings (SSSR count). The van der Waals surface area contributed by atoms with E-state index in [1.165, 1.54) is 76.2 Å². The van der Waals surface area contributed by atoms with Crippen molar-refractivity contribution in [2.45, 2.75) is 70.6 Å². The minimum absolute atomic E-state index is 0.905. The Balaban J connectivity index is 1.60. The minimum Gasteiger partial charge on any atom is -0.195 e. The molecule has 1 fully saturated rings. The highest BCUT2D eigenvalue weighted by Gasteiger charge is 2.20. The third kappa shape index (κ3) is 7.11. The monoisotopic (exact) mass is 341 g/mol. The summed E-state index contributed by atoms with van der Waals surface area (Å²) in [6, 6.07) is 8.44. The minimum atomic E-state index is 0.905. The van der Waals surface area contributed by atoms with Crippen LogP contribution in [0.25, 0.3) is 0 Å². The maximum absolute atomic E-state index is 4.64. The Morgan fingerprint density at radius 3 is 2.29 bits per heavy atom. The van der Waals surface area contributed by atoms with Crippen LogP contribution in [0.15, 0.2) is 41.9 Å². The van der Waals surface area contributed by atoms with E-state index in [0.717, 1.165) is 17.5 Å². The van der Waals surface area contributed by atoms with Crippen LogP contribution < -0.4 is 0 Å². The topological polar surface area (TPSA) is 12.4 Å². The molecule has 1 aliphatic carbocycles. The Kier molecular flexibility index (Phi) is 9.02. The molecule has 1 aliphatic rings. The number of aliphatic imine (C=N–C) groups is 1. The summed E-state index contributed by atoms with van der Waals surface area (Å²) < 4.78 is 0. The Bertz CT molecular complexity index is 519. The smallest absolute Gasteiger partial charge is 0.0739 e. The zero-order valence-electron chi connectivity index (χ0n) is 14.9. The van der Waals surface area contributed by atoms with E-state index in [1.807, 2.05) is 18.2 Å². The second-order valence-electron chi connectivity index (χ2n) is 7.22. The fraction of sp³-hybridized carbons (Fsp3) is 0.591. The molecule has 0 unspecified atom stereocenters. The Hall–Kier alpha value is -1.24. The van der Waals surface area contributed by atoms with Crippen LogP contribution in [0.2, 0.25) is 0 Å². The third-order valence-electron chi connectivity index (χ3n) is 5.44. The second kappa shape index (κ2) is 11.3. The molecule has 2 heteroatoms. The van der Waals surface area contributed by atoms with Gasteiger partial charge in [0.15, 0.2) is 0 Å². The molecule has 0 aromatic heterocycles. The SMILES string of the molecule is C=CCCCCCC1CCC(CCc2ccc(N=C=S)cc2)CC1. The standard InChI is InChI=1S/C22H31NS/c1-2-3-4-5-6-7-19-8-10-20(11-9-19)12-13-21-14-16-22(17-15-21)23-18-24/h2,14-17,19-20H,1,3-13H2. The van der Waals surface area contributed by atoms with E-state index >= 15 is 0 Å². The zero-order chi connectivity index (χ0) is 17.0. The highest BCUT2D eigenvalue weighted by molar-refractivity contribution is 7.78. The van der Waals surface area contributed by atoms with Gasteiger partial charge >= 0.3 is 0 Å². The molecule has 0 radical (unpaired) electrons. The first-order chi connectivity index (χ1) is 11.8. The molecule has 0 aliphatic heterocycles. The van der Waals surface area contributed by atoms with Gasteiger partial charge < -0.3 is 0 Å². The number of nitrogens with zero attached hydrogens (tertiary/aromatic N) is 1. The van der Waals surface area contributed by atoms with Gasteiger partial charge in [-0.3, -0.25) is 0 Å². The fourth-order valence-electron chi connectivity index (χ4n) is 3.87. The van der Waals surface area contributed by atoms with E-state index < -0.39 is 0 Å². The highest BCUT2D eigenvalue weighted by atomic mass is 32.1. The van der Waals surface area contributed by atoms with Gasteiger partial charge in [0, 0.05) is 0 Å². The first kappa shape index (κ1) is 19.1. The largest absolute Gasteiger partial charge is 0.195 e. The molecular formula is C22H31NS. The summed E-state index contributed by atoms with van der Waals surface area (Å²) in [5.74, 6) is 1.93. The van der Waals surface area contributed by atoms with Crippen LogP contribution in [0.4, 0.5) is 5.69 Å². The van der Waals surface area contributed by atoms with Crippen molar-refractivity contribution in [2.24, 2.45) is 16.8 Å². The summed E-state index contributed by atoms with van der Waals surface area (Å²) in [5, 5.41) is 2.42. The number of unbranched alkanes of at least 4 members (excludes halogenated alkanes) is 3. The van der Waals surface area contributed by atoms with Crippen LogP contribution >= 0.6 is 12.2 Å². The van der Waals surface area contributed by atoms with E-state index in [4.69, 9.17) is 0 Å². The molecule has 0 atom stereocenters. The van der Waals surface area contributed by atoms with Crippen LogP contribution in [0.3, 0.4) is 0 Å². The van der Waals surface area contributed by atoms with Crippen LogP contribution in [-0.4, -0.2) is 5.16 Å². The normalized spacial score (nSPS) is 20.3. The van der Waals surface area contributed by atoms with Gasteiger partial charge in [-0.05, 0) is 67.4 Å². The number of benzene rings is 1. The molecule has 0 spiro atoms. The Morgan fingerprint density at radius 2 is 1.67 bits per heavy atom. The average molecular weight is 342 g/mol. The van der Waals surface area contributed by atoms with E-state index in [-0.39, 0.29) is 0 Å². The lowest BCUT2D eigenvalue weighted by Gasteiger charge is -2.28. The Morgan fingerprint density at radius 1 is 1.00 bits per heavy atom. The van der Waals surface area contributed by atoms with Crippen molar-refractivity contribution >= 4 is 23.1 Å². The summed E-state index contributed by atoms with van der Waals surface area (Å²) in [4.78, 5) is 4.01. The van der Waals surface area contributed by atoms with E-state index in [1.54, 1.807) is 0 Å². The Labute approximate surface area is 153 Å². The lowest BCUT2D eigenvalue weighted by molar-refractivity contribution is 0.249. The first-order valence-electron chi connectivity index (χ1n) is 9.59. The van der Waals surface area contributed by atoms with Gasteiger partial charge in [0.25, 0.3) is 0 Å². The van der Waals surface area contributed by atoms with Crippen LogP contribution in [0.1, 0.15) is 69.8 Å². The van der Waals surface area contributed by atoms with Crippen molar-refractivity contribution < 1.29 is 0 Å². The van der Waals surface area contributed by atoms with E-state index in [2.05, 4.69) is 41.1 Å². The van der Waals surface area contributed by atoms with Crippen molar-refractivity contribution in [1.29, 1.82) is 0 Å². The molecule has 0 N–H and O–H groups in total. The predicted octanol–water partition coefficient (Wildman–Crippen LogP) is 7.30.